The van der Waals surface area contributed by atoms with Crippen LogP contribution in [0.4, 0.5) is 5.69 Å². The van der Waals surface area contributed by atoms with Crippen molar-refractivity contribution in [2.45, 2.75) is 13.0 Å². The van der Waals surface area contributed by atoms with Crippen LogP contribution in [0.3, 0.4) is 0 Å². The topological polar surface area (TPSA) is 49.6 Å². The summed E-state index contributed by atoms with van der Waals surface area (Å²) in [7, 11) is 4.04. The van der Waals surface area contributed by atoms with Gasteiger partial charge in [0, 0.05) is 25.3 Å². The summed E-state index contributed by atoms with van der Waals surface area (Å²) in [6.45, 7) is 2.21. The minimum atomic E-state index is 0. The van der Waals surface area contributed by atoms with Gasteiger partial charge >= 0.3 is 0 Å². The van der Waals surface area contributed by atoms with Crippen molar-refractivity contribution in [3.8, 4) is 0 Å². The van der Waals surface area contributed by atoms with Crippen molar-refractivity contribution in [1.29, 1.82) is 0 Å². The number of amides is 1. The largest absolute Gasteiger partial charge is 0.399 e. The van der Waals surface area contributed by atoms with Crippen LogP contribution >= 0.6 is 12.4 Å². The second kappa shape index (κ2) is 9.96. The number of carbonyl (C=O) groups excluding carboxylic acids is 1. The molecule has 0 bridgehead atoms. The van der Waals surface area contributed by atoms with Crippen LogP contribution in [0.1, 0.15) is 11.1 Å². The predicted octanol–water partition coefficient (Wildman–Crippen LogP) is 2.82. The van der Waals surface area contributed by atoms with Gasteiger partial charge in [0.2, 0.25) is 5.91 Å². The van der Waals surface area contributed by atoms with Gasteiger partial charge in [0.15, 0.2) is 0 Å². The minimum absolute atomic E-state index is 0. The summed E-state index contributed by atoms with van der Waals surface area (Å²) in [6.07, 6.45) is 0.403. The quantitative estimate of drug-likeness (QED) is 0.783. The molecule has 0 atom stereocenters. The average Bonchev–Trinajstić information content (AvgIpc) is 2.54. The van der Waals surface area contributed by atoms with Crippen molar-refractivity contribution in [3.05, 3.63) is 65.7 Å². The van der Waals surface area contributed by atoms with Gasteiger partial charge in [-0.25, -0.2) is 0 Å². The Balaban J connectivity index is 0.00000288. The van der Waals surface area contributed by atoms with E-state index in [0.717, 1.165) is 29.9 Å². The van der Waals surface area contributed by atoms with Gasteiger partial charge in [-0.05, 0) is 37.4 Å². The van der Waals surface area contributed by atoms with E-state index in [0.29, 0.717) is 13.0 Å². The lowest BCUT2D eigenvalue weighted by atomic mass is 10.1. The number of halogens is 1. The molecular formula is C19H26ClN3O. The molecule has 0 heterocycles. The van der Waals surface area contributed by atoms with E-state index in [4.69, 9.17) is 5.73 Å². The zero-order valence-electron chi connectivity index (χ0n) is 14.3. The molecule has 2 aromatic carbocycles. The van der Waals surface area contributed by atoms with Crippen LogP contribution in [0.25, 0.3) is 0 Å². The molecule has 4 nitrogen and oxygen atoms in total. The number of hydrogen-bond acceptors (Lipinski definition) is 3. The van der Waals surface area contributed by atoms with Gasteiger partial charge in [-0.15, -0.1) is 12.4 Å². The normalized spacial score (nSPS) is 10.3. The van der Waals surface area contributed by atoms with Crippen LogP contribution in [-0.4, -0.2) is 42.9 Å². The van der Waals surface area contributed by atoms with Gasteiger partial charge in [-0.3, -0.25) is 4.79 Å². The second-order valence-corrected chi connectivity index (χ2v) is 6.02. The van der Waals surface area contributed by atoms with E-state index in [2.05, 4.69) is 17.0 Å². The Morgan fingerprint density at radius 1 is 0.917 bits per heavy atom. The van der Waals surface area contributed by atoms with Gasteiger partial charge in [0.05, 0.1) is 6.42 Å². The first kappa shape index (κ1) is 20.0. The third-order valence-electron chi connectivity index (χ3n) is 3.72. The number of likely N-dealkylation sites (N-methyl/N-ethyl adjacent to an activating group) is 1. The molecule has 0 spiro atoms. The number of anilines is 1. The molecule has 5 heteroatoms. The molecule has 0 saturated carbocycles. The molecule has 24 heavy (non-hydrogen) atoms. The molecule has 0 aliphatic rings. The lowest BCUT2D eigenvalue weighted by Gasteiger charge is -2.25. The summed E-state index contributed by atoms with van der Waals surface area (Å²) in [5, 5.41) is 0. The van der Waals surface area contributed by atoms with Crippen molar-refractivity contribution < 1.29 is 4.79 Å². The van der Waals surface area contributed by atoms with E-state index < -0.39 is 0 Å². The summed E-state index contributed by atoms with van der Waals surface area (Å²) < 4.78 is 0. The monoisotopic (exact) mass is 347 g/mol. The molecule has 0 saturated heterocycles. The number of carbonyl (C=O) groups is 1. The van der Waals surface area contributed by atoms with E-state index in [1.165, 1.54) is 0 Å². The van der Waals surface area contributed by atoms with Gasteiger partial charge in [-0.1, -0.05) is 42.5 Å². The van der Waals surface area contributed by atoms with Crippen molar-refractivity contribution in [2.75, 3.05) is 32.9 Å². The maximum Gasteiger partial charge on any atom is 0.227 e. The Hall–Kier alpha value is -2.04. The first-order chi connectivity index (χ1) is 11.0. The Morgan fingerprint density at radius 3 is 2.12 bits per heavy atom. The molecule has 1 amide bonds. The van der Waals surface area contributed by atoms with Gasteiger partial charge in [-0.2, -0.15) is 0 Å². The van der Waals surface area contributed by atoms with E-state index in [1.807, 2.05) is 61.5 Å². The second-order valence-electron chi connectivity index (χ2n) is 6.02. The van der Waals surface area contributed by atoms with E-state index in [9.17, 15) is 4.79 Å². The maximum atomic E-state index is 12.7. The van der Waals surface area contributed by atoms with Crippen LogP contribution in [0.15, 0.2) is 54.6 Å². The first-order valence-electron chi connectivity index (χ1n) is 7.85. The van der Waals surface area contributed by atoms with Crippen molar-refractivity contribution >= 4 is 24.0 Å². The van der Waals surface area contributed by atoms with E-state index >= 15 is 0 Å². The third kappa shape index (κ3) is 6.60. The van der Waals surface area contributed by atoms with Crippen LogP contribution in [0, 0.1) is 0 Å². The summed E-state index contributed by atoms with van der Waals surface area (Å²) in [5.41, 5.74) is 8.56. The molecule has 2 N–H and O–H groups in total. The number of nitrogen functional groups attached to an aromatic ring is 1. The van der Waals surface area contributed by atoms with E-state index in [1.54, 1.807) is 0 Å². The maximum absolute atomic E-state index is 12.7. The molecule has 0 fully saturated rings. The van der Waals surface area contributed by atoms with Gasteiger partial charge in [0.25, 0.3) is 0 Å². The Morgan fingerprint density at radius 2 is 1.54 bits per heavy atom. The summed E-state index contributed by atoms with van der Waals surface area (Å²) >= 11 is 0. The SMILES string of the molecule is CN(C)CCN(Cc1ccccc1)C(=O)Cc1ccc(N)cc1.Cl. The lowest BCUT2D eigenvalue weighted by molar-refractivity contribution is -0.131. The number of nitrogens with zero attached hydrogens (tertiary/aromatic N) is 2. The number of rotatable bonds is 7. The number of benzene rings is 2. The van der Waals surface area contributed by atoms with Crippen LogP contribution in [0.5, 0.6) is 0 Å². The highest BCUT2D eigenvalue weighted by atomic mass is 35.5. The zero-order valence-corrected chi connectivity index (χ0v) is 15.1. The Bertz CT molecular complexity index is 614. The van der Waals surface area contributed by atoms with Crippen molar-refractivity contribution in [1.82, 2.24) is 9.80 Å². The molecule has 2 rings (SSSR count). The Kier molecular flexibility index (Phi) is 8.30. The van der Waals surface area contributed by atoms with Crippen LogP contribution < -0.4 is 5.73 Å². The Labute approximate surface area is 150 Å². The summed E-state index contributed by atoms with van der Waals surface area (Å²) in [5.74, 6) is 0.139. The van der Waals surface area contributed by atoms with Crippen molar-refractivity contribution in [3.63, 3.8) is 0 Å². The molecule has 130 valence electrons. The average molecular weight is 348 g/mol. The molecular weight excluding hydrogens is 322 g/mol. The standard InChI is InChI=1S/C19H25N3O.ClH/c1-21(2)12-13-22(15-17-6-4-3-5-7-17)19(23)14-16-8-10-18(20)11-9-16;/h3-11H,12-15,20H2,1-2H3;1H. The smallest absolute Gasteiger partial charge is 0.227 e. The molecule has 0 unspecified atom stereocenters. The van der Waals surface area contributed by atoms with Crippen LogP contribution in [-0.2, 0) is 17.8 Å². The highest BCUT2D eigenvalue weighted by molar-refractivity contribution is 5.85. The summed E-state index contributed by atoms with van der Waals surface area (Å²) in [6, 6.07) is 17.6. The fourth-order valence-electron chi connectivity index (χ4n) is 2.34. The first-order valence-corrected chi connectivity index (χ1v) is 7.85. The van der Waals surface area contributed by atoms with E-state index in [-0.39, 0.29) is 18.3 Å². The van der Waals surface area contributed by atoms with Gasteiger partial charge < -0.3 is 15.5 Å². The fraction of sp³-hybridized carbons (Fsp3) is 0.316. The van der Waals surface area contributed by atoms with Gasteiger partial charge in [0.1, 0.15) is 0 Å². The zero-order chi connectivity index (χ0) is 16.7. The lowest BCUT2D eigenvalue weighted by Crippen LogP contribution is -2.37. The molecule has 0 radical (unpaired) electrons. The highest BCUT2D eigenvalue weighted by Gasteiger charge is 2.14. The molecule has 0 aliphatic carbocycles. The van der Waals surface area contributed by atoms with Crippen molar-refractivity contribution in [2.24, 2.45) is 0 Å². The molecule has 2 aromatic rings. The minimum Gasteiger partial charge on any atom is -0.399 e. The molecule has 0 aromatic heterocycles. The molecule has 0 aliphatic heterocycles. The third-order valence-corrected chi connectivity index (χ3v) is 3.72. The number of nitrogens with two attached hydrogens (primary N) is 1. The fourth-order valence-corrected chi connectivity index (χ4v) is 2.34. The predicted molar refractivity (Wildman–Crippen MR) is 102 cm³/mol. The highest BCUT2D eigenvalue weighted by Crippen LogP contribution is 2.10. The van der Waals surface area contributed by atoms with Crippen LogP contribution in [0.2, 0.25) is 0 Å². The number of hydrogen-bond donors (Lipinski definition) is 1. The summed E-state index contributed by atoms with van der Waals surface area (Å²) in [4.78, 5) is 16.7.